The molecule has 4 aliphatic carbocycles. The van der Waals surface area contributed by atoms with E-state index >= 15 is 0 Å². The zero-order valence-corrected chi connectivity index (χ0v) is 15.5. The number of rotatable bonds is 5. The van der Waals surface area contributed by atoms with Crippen LogP contribution in [0.15, 0.2) is 0 Å². The van der Waals surface area contributed by atoms with Crippen molar-refractivity contribution in [2.45, 2.75) is 76.8 Å². The van der Waals surface area contributed by atoms with E-state index in [2.05, 4.69) is 5.32 Å². The zero-order valence-electron chi connectivity index (χ0n) is 15.5. The summed E-state index contributed by atoms with van der Waals surface area (Å²) in [6.07, 6.45) is 9.79. The van der Waals surface area contributed by atoms with Gasteiger partial charge < -0.3 is 16.0 Å². The highest BCUT2D eigenvalue weighted by Gasteiger charge is 2.56. The summed E-state index contributed by atoms with van der Waals surface area (Å²) in [6.45, 7) is 3.31. The lowest BCUT2D eigenvalue weighted by molar-refractivity contribution is -0.160. The van der Waals surface area contributed by atoms with Crippen molar-refractivity contribution in [3.63, 3.8) is 0 Å². The summed E-state index contributed by atoms with van der Waals surface area (Å²) >= 11 is 0. The van der Waals surface area contributed by atoms with Gasteiger partial charge in [0.15, 0.2) is 0 Å². The molecule has 5 fully saturated rings. The fraction of sp³-hybridized carbons (Fsp3) is 0.900. The number of carbonyl (C=O) groups excluding carboxylic acids is 2. The number of hydrogen-bond donors (Lipinski definition) is 2. The van der Waals surface area contributed by atoms with Crippen molar-refractivity contribution in [1.29, 1.82) is 0 Å². The molecule has 2 unspecified atom stereocenters. The van der Waals surface area contributed by atoms with Gasteiger partial charge in [0.1, 0.15) is 6.04 Å². The van der Waals surface area contributed by atoms with Gasteiger partial charge in [-0.05, 0) is 82.5 Å². The maximum Gasteiger partial charge on any atom is 0.242 e. The van der Waals surface area contributed by atoms with Crippen LogP contribution < -0.4 is 11.1 Å². The van der Waals surface area contributed by atoms with E-state index in [9.17, 15) is 9.59 Å². The van der Waals surface area contributed by atoms with Gasteiger partial charge in [-0.25, -0.2) is 0 Å². The van der Waals surface area contributed by atoms with Gasteiger partial charge in [-0.1, -0.05) is 0 Å². The maximum absolute atomic E-state index is 13.5. The van der Waals surface area contributed by atoms with E-state index < -0.39 is 0 Å². The molecule has 1 heterocycles. The first-order valence-corrected chi connectivity index (χ1v) is 10.3. The minimum Gasteiger partial charge on any atom is -0.354 e. The van der Waals surface area contributed by atoms with Gasteiger partial charge in [-0.2, -0.15) is 0 Å². The first kappa shape index (κ1) is 17.3. The number of amides is 2. The number of nitrogens with two attached hydrogens (primary N) is 1. The Balaban J connectivity index is 1.43. The van der Waals surface area contributed by atoms with E-state index in [0.717, 1.165) is 62.8 Å². The molecule has 5 heteroatoms. The van der Waals surface area contributed by atoms with Crippen LogP contribution >= 0.6 is 0 Å². The molecule has 4 saturated carbocycles. The predicted octanol–water partition coefficient (Wildman–Crippen LogP) is 2.05. The molecule has 0 radical (unpaired) electrons. The van der Waals surface area contributed by atoms with Crippen molar-refractivity contribution in [2.24, 2.45) is 28.9 Å². The Labute approximate surface area is 151 Å². The Morgan fingerprint density at radius 1 is 1.16 bits per heavy atom. The summed E-state index contributed by atoms with van der Waals surface area (Å²) in [6, 6.07) is -0.165. The highest BCUT2D eigenvalue weighted by molar-refractivity contribution is 5.91. The van der Waals surface area contributed by atoms with Gasteiger partial charge in [-0.3, -0.25) is 9.59 Å². The number of likely N-dealkylation sites (tertiary alicyclic amines) is 1. The molecule has 0 aromatic heterocycles. The van der Waals surface area contributed by atoms with Crippen LogP contribution in [0.4, 0.5) is 0 Å². The van der Waals surface area contributed by atoms with Crippen LogP contribution in [0.25, 0.3) is 0 Å². The summed E-state index contributed by atoms with van der Waals surface area (Å²) in [7, 11) is 0. The first-order chi connectivity index (χ1) is 12.0. The van der Waals surface area contributed by atoms with Crippen molar-refractivity contribution in [3.8, 4) is 0 Å². The normalized spacial score (nSPS) is 40.3. The molecule has 2 amide bonds. The average molecular weight is 348 g/mol. The maximum atomic E-state index is 13.5. The standard InChI is InChI=1S/C20H33N3O2/c1-13(21)4-5-22-18(24)17-3-2-6-23(17)19(25)20-10-14-7-15(11-20)9-16(8-14)12-20/h13-17H,2-12,21H2,1H3,(H,22,24). The lowest BCUT2D eigenvalue weighted by Crippen LogP contribution is -2.57. The highest BCUT2D eigenvalue weighted by Crippen LogP contribution is 2.60. The van der Waals surface area contributed by atoms with E-state index in [1.54, 1.807) is 0 Å². The largest absolute Gasteiger partial charge is 0.354 e. The van der Waals surface area contributed by atoms with Crippen LogP contribution in [0, 0.1) is 23.2 Å². The molecule has 5 nitrogen and oxygen atoms in total. The third kappa shape index (κ3) is 3.20. The SMILES string of the molecule is CC(N)CCNC(=O)C1CCCN1C(=O)C12CC3CC(CC(C3)C1)C2. The number of nitrogens with zero attached hydrogens (tertiary/aromatic N) is 1. The summed E-state index contributed by atoms with van der Waals surface area (Å²) in [5.74, 6) is 2.61. The first-order valence-electron chi connectivity index (χ1n) is 10.3. The van der Waals surface area contributed by atoms with Crippen LogP contribution in [-0.2, 0) is 9.59 Å². The second-order valence-electron chi connectivity index (χ2n) is 9.41. The Kier molecular flexibility index (Phi) is 4.55. The monoisotopic (exact) mass is 347 g/mol. The summed E-state index contributed by atoms with van der Waals surface area (Å²) in [5, 5.41) is 3.00. The fourth-order valence-corrected chi connectivity index (χ4v) is 6.50. The Bertz CT molecular complexity index is 510. The zero-order chi connectivity index (χ0) is 17.6. The third-order valence-corrected chi connectivity index (χ3v) is 7.21. The van der Waals surface area contributed by atoms with Crippen LogP contribution in [0.3, 0.4) is 0 Å². The third-order valence-electron chi connectivity index (χ3n) is 7.21. The molecule has 25 heavy (non-hydrogen) atoms. The molecule has 3 N–H and O–H groups in total. The summed E-state index contributed by atoms with van der Waals surface area (Å²) < 4.78 is 0. The van der Waals surface area contributed by atoms with Crippen molar-refractivity contribution < 1.29 is 9.59 Å². The van der Waals surface area contributed by atoms with Gasteiger partial charge in [0, 0.05) is 19.1 Å². The Morgan fingerprint density at radius 3 is 2.32 bits per heavy atom. The van der Waals surface area contributed by atoms with Crippen LogP contribution in [0.2, 0.25) is 0 Å². The molecule has 0 aromatic rings. The van der Waals surface area contributed by atoms with Gasteiger partial charge in [0.25, 0.3) is 0 Å². The number of carbonyl (C=O) groups is 2. The second-order valence-corrected chi connectivity index (χ2v) is 9.41. The van der Waals surface area contributed by atoms with Gasteiger partial charge in [0.05, 0.1) is 5.41 Å². The number of nitrogens with one attached hydrogen (secondary N) is 1. The topological polar surface area (TPSA) is 75.4 Å². The quantitative estimate of drug-likeness (QED) is 0.799. The summed E-state index contributed by atoms with van der Waals surface area (Å²) in [5.41, 5.74) is 5.63. The molecular weight excluding hydrogens is 314 g/mol. The van der Waals surface area contributed by atoms with Crippen LogP contribution in [0.1, 0.15) is 64.7 Å². The molecule has 2 atom stereocenters. The molecular formula is C20H33N3O2. The van der Waals surface area contributed by atoms with E-state index in [1.165, 1.54) is 19.3 Å². The average Bonchev–Trinajstić information content (AvgIpc) is 3.01. The lowest BCUT2D eigenvalue weighted by Gasteiger charge is -2.56. The summed E-state index contributed by atoms with van der Waals surface area (Å²) in [4.78, 5) is 28.1. The van der Waals surface area contributed by atoms with Crippen molar-refractivity contribution in [1.82, 2.24) is 10.2 Å². The molecule has 5 aliphatic rings. The van der Waals surface area contributed by atoms with Gasteiger partial charge >= 0.3 is 0 Å². The molecule has 1 aliphatic heterocycles. The minimum atomic E-state index is -0.256. The molecule has 1 saturated heterocycles. The highest BCUT2D eigenvalue weighted by atomic mass is 16.2. The predicted molar refractivity (Wildman–Crippen MR) is 96.6 cm³/mol. The van der Waals surface area contributed by atoms with E-state index in [0.29, 0.717) is 12.5 Å². The van der Waals surface area contributed by atoms with Crippen molar-refractivity contribution in [2.75, 3.05) is 13.1 Å². The van der Waals surface area contributed by atoms with Crippen LogP contribution in [-0.4, -0.2) is 41.9 Å². The van der Waals surface area contributed by atoms with Crippen molar-refractivity contribution >= 4 is 11.8 Å². The molecule has 0 aromatic carbocycles. The second kappa shape index (κ2) is 6.57. The van der Waals surface area contributed by atoms with Gasteiger partial charge in [0.2, 0.25) is 11.8 Å². The molecule has 0 spiro atoms. The van der Waals surface area contributed by atoms with Gasteiger partial charge in [-0.15, -0.1) is 0 Å². The smallest absolute Gasteiger partial charge is 0.242 e. The lowest BCUT2D eigenvalue weighted by atomic mass is 9.49. The molecule has 140 valence electrons. The number of hydrogen-bond acceptors (Lipinski definition) is 3. The Morgan fingerprint density at radius 2 is 1.76 bits per heavy atom. The molecule has 5 rings (SSSR count). The van der Waals surface area contributed by atoms with Crippen LogP contribution in [0.5, 0.6) is 0 Å². The fourth-order valence-electron chi connectivity index (χ4n) is 6.50. The van der Waals surface area contributed by atoms with E-state index in [1.807, 2.05) is 11.8 Å². The van der Waals surface area contributed by atoms with E-state index in [4.69, 9.17) is 5.73 Å². The minimum absolute atomic E-state index is 0.0243. The molecule has 4 bridgehead atoms. The van der Waals surface area contributed by atoms with E-state index in [-0.39, 0.29) is 23.4 Å². The van der Waals surface area contributed by atoms with Crippen molar-refractivity contribution in [3.05, 3.63) is 0 Å². The Hall–Kier alpha value is -1.10.